The quantitative estimate of drug-likeness (QED) is 0.820. The first-order valence-corrected chi connectivity index (χ1v) is 6.08. The number of rotatable bonds is 4. The third-order valence-corrected chi connectivity index (χ3v) is 3.60. The Labute approximate surface area is 92.1 Å². The molecule has 2 nitrogen and oxygen atoms in total. The zero-order chi connectivity index (χ0) is 10.5. The normalized spacial score (nSPS) is 26.7. The van der Waals surface area contributed by atoms with Gasteiger partial charge in [-0.2, -0.15) is 0 Å². The monoisotopic (exact) mass is 207 g/mol. The van der Waals surface area contributed by atoms with E-state index in [-0.39, 0.29) is 0 Å². The molecule has 1 aliphatic rings. The second kappa shape index (κ2) is 5.36. The third kappa shape index (κ3) is 3.10. The average Bonchev–Trinajstić information content (AvgIpc) is 2.74. The molecule has 1 aromatic heterocycles. The van der Waals surface area contributed by atoms with E-state index in [9.17, 15) is 0 Å². The Bertz CT molecular complexity index is 268. The van der Waals surface area contributed by atoms with Gasteiger partial charge >= 0.3 is 0 Å². The molecule has 0 aromatic carbocycles. The van der Waals surface area contributed by atoms with Crippen molar-refractivity contribution in [2.45, 2.75) is 39.2 Å². The number of hydrogen-bond donors (Lipinski definition) is 1. The molecule has 2 rings (SSSR count). The summed E-state index contributed by atoms with van der Waals surface area (Å²) in [7, 11) is 0. The molecule has 0 saturated heterocycles. The first kappa shape index (κ1) is 10.7. The van der Waals surface area contributed by atoms with E-state index >= 15 is 0 Å². The molecule has 1 aliphatic carbocycles. The maximum Gasteiger partial charge on any atom is 0.0947 e. The molecule has 0 amide bonds. The highest BCUT2D eigenvalue weighted by Crippen LogP contribution is 2.28. The standard InChI is InChI=1S/C13H21NO/c1-11-4-2-3-5-13(11)9-14-8-12-6-7-15-10-12/h6-7,10-11,13-14H,2-5,8-9H2,1H3. The summed E-state index contributed by atoms with van der Waals surface area (Å²) in [4.78, 5) is 0. The van der Waals surface area contributed by atoms with Gasteiger partial charge in [-0.25, -0.2) is 0 Å². The van der Waals surface area contributed by atoms with Crippen molar-refractivity contribution >= 4 is 0 Å². The van der Waals surface area contributed by atoms with Gasteiger partial charge in [-0.1, -0.05) is 26.2 Å². The topological polar surface area (TPSA) is 25.2 Å². The SMILES string of the molecule is CC1CCCCC1CNCc1ccoc1. The molecule has 1 saturated carbocycles. The van der Waals surface area contributed by atoms with Gasteiger partial charge in [0.1, 0.15) is 0 Å². The van der Waals surface area contributed by atoms with Gasteiger partial charge in [0.2, 0.25) is 0 Å². The van der Waals surface area contributed by atoms with Crippen molar-refractivity contribution in [2.75, 3.05) is 6.54 Å². The van der Waals surface area contributed by atoms with Crippen LogP contribution in [0, 0.1) is 11.8 Å². The maximum atomic E-state index is 5.04. The molecule has 1 heterocycles. The Balaban J connectivity index is 1.68. The van der Waals surface area contributed by atoms with Gasteiger partial charge in [0.05, 0.1) is 12.5 Å². The van der Waals surface area contributed by atoms with Gasteiger partial charge in [0, 0.05) is 12.1 Å². The van der Waals surface area contributed by atoms with Crippen molar-refractivity contribution < 1.29 is 4.42 Å². The fourth-order valence-corrected chi connectivity index (χ4v) is 2.49. The predicted octanol–water partition coefficient (Wildman–Crippen LogP) is 3.20. The van der Waals surface area contributed by atoms with Crippen molar-refractivity contribution in [1.82, 2.24) is 5.32 Å². The summed E-state index contributed by atoms with van der Waals surface area (Å²) in [5.41, 5.74) is 1.25. The van der Waals surface area contributed by atoms with Crippen molar-refractivity contribution in [3.8, 4) is 0 Å². The van der Waals surface area contributed by atoms with Crippen LogP contribution >= 0.6 is 0 Å². The minimum Gasteiger partial charge on any atom is -0.472 e. The van der Waals surface area contributed by atoms with Gasteiger partial charge in [-0.15, -0.1) is 0 Å². The highest BCUT2D eigenvalue weighted by molar-refractivity contribution is 5.04. The highest BCUT2D eigenvalue weighted by atomic mass is 16.3. The van der Waals surface area contributed by atoms with Crippen LogP contribution in [0.5, 0.6) is 0 Å². The van der Waals surface area contributed by atoms with Crippen molar-refractivity contribution in [3.63, 3.8) is 0 Å². The maximum absolute atomic E-state index is 5.04. The largest absolute Gasteiger partial charge is 0.472 e. The molecule has 1 aromatic rings. The van der Waals surface area contributed by atoms with Crippen molar-refractivity contribution in [1.29, 1.82) is 0 Å². The summed E-state index contributed by atoms with van der Waals surface area (Å²) >= 11 is 0. The van der Waals surface area contributed by atoms with E-state index in [1.54, 1.807) is 6.26 Å². The van der Waals surface area contributed by atoms with Crippen LogP contribution in [0.25, 0.3) is 0 Å². The summed E-state index contributed by atoms with van der Waals surface area (Å²) in [5.74, 6) is 1.78. The van der Waals surface area contributed by atoms with E-state index in [0.29, 0.717) is 0 Å². The van der Waals surface area contributed by atoms with Crippen LogP contribution < -0.4 is 5.32 Å². The minimum atomic E-state index is 0.880. The summed E-state index contributed by atoms with van der Waals surface area (Å²) in [6.45, 7) is 4.50. The Kier molecular flexibility index (Phi) is 3.84. The van der Waals surface area contributed by atoms with Crippen LogP contribution in [0.1, 0.15) is 38.2 Å². The number of nitrogens with one attached hydrogen (secondary N) is 1. The first-order chi connectivity index (χ1) is 7.36. The van der Waals surface area contributed by atoms with Gasteiger partial charge in [0.25, 0.3) is 0 Å². The van der Waals surface area contributed by atoms with Crippen LogP contribution in [-0.2, 0) is 6.54 Å². The molecule has 1 fully saturated rings. The molecule has 2 atom stereocenters. The first-order valence-electron chi connectivity index (χ1n) is 6.08. The summed E-state index contributed by atoms with van der Waals surface area (Å²) in [5, 5.41) is 3.53. The molecule has 0 spiro atoms. The van der Waals surface area contributed by atoms with E-state index in [2.05, 4.69) is 12.2 Å². The van der Waals surface area contributed by atoms with Gasteiger partial charge in [-0.3, -0.25) is 0 Å². The Morgan fingerprint density at radius 3 is 3.00 bits per heavy atom. The molecule has 15 heavy (non-hydrogen) atoms. The van der Waals surface area contributed by atoms with E-state index in [4.69, 9.17) is 4.42 Å². The summed E-state index contributed by atoms with van der Waals surface area (Å²) in [6.07, 6.45) is 9.22. The lowest BCUT2D eigenvalue weighted by molar-refractivity contribution is 0.247. The fraction of sp³-hybridized carbons (Fsp3) is 0.692. The van der Waals surface area contributed by atoms with Crippen molar-refractivity contribution in [3.05, 3.63) is 24.2 Å². The van der Waals surface area contributed by atoms with Crippen LogP contribution in [0.4, 0.5) is 0 Å². The minimum absolute atomic E-state index is 0.880. The van der Waals surface area contributed by atoms with Crippen molar-refractivity contribution in [2.24, 2.45) is 11.8 Å². The third-order valence-electron chi connectivity index (χ3n) is 3.60. The lowest BCUT2D eigenvalue weighted by Crippen LogP contribution is -2.28. The van der Waals surface area contributed by atoms with Crippen LogP contribution in [-0.4, -0.2) is 6.54 Å². The summed E-state index contributed by atoms with van der Waals surface area (Å²) < 4.78 is 5.04. The second-order valence-corrected chi connectivity index (χ2v) is 4.78. The number of hydrogen-bond acceptors (Lipinski definition) is 2. The van der Waals surface area contributed by atoms with Crippen LogP contribution in [0.3, 0.4) is 0 Å². The van der Waals surface area contributed by atoms with E-state index < -0.39 is 0 Å². The Morgan fingerprint density at radius 1 is 1.40 bits per heavy atom. The molecule has 1 N–H and O–H groups in total. The van der Waals surface area contributed by atoms with E-state index in [1.165, 1.54) is 31.2 Å². The van der Waals surface area contributed by atoms with Gasteiger partial charge < -0.3 is 9.73 Å². The molecular formula is C13H21NO. The molecule has 0 bridgehead atoms. The Morgan fingerprint density at radius 2 is 2.27 bits per heavy atom. The van der Waals surface area contributed by atoms with Crippen LogP contribution in [0.15, 0.2) is 23.0 Å². The molecular weight excluding hydrogens is 186 g/mol. The highest BCUT2D eigenvalue weighted by Gasteiger charge is 2.20. The number of furan rings is 1. The molecule has 0 aliphatic heterocycles. The zero-order valence-electron chi connectivity index (χ0n) is 9.54. The van der Waals surface area contributed by atoms with Gasteiger partial charge in [-0.05, 0) is 30.9 Å². The predicted molar refractivity (Wildman–Crippen MR) is 61.5 cm³/mol. The summed E-state index contributed by atoms with van der Waals surface area (Å²) in [6, 6.07) is 2.03. The average molecular weight is 207 g/mol. The lowest BCUT2D eigenvalue weighted by Gasteiger charge is -2.28. The van der Waals surface area contributed by atoms with Gasteiger partial charge in [0.15, 0.2) is 0 Å². The lowest BCUT2D eigenvalue weighted by atomic mass is 9.80. The second-order valence-electron chi connectivity index (χ2n) is 4.78. The molecule has 2 unspecified atom stereocenters. The van der Waals surface area contributed by atoms with Crippen LogP contribution in [0.2, 0.25) is 0 Å². The van der Waals surface area contributed by atoms with E-state index in [1.807, 2.05) is 12.3 Å². The molecule has 2 heteroatoms. The molecule has 0 radical (unpaired) electrons. The smallest absolute Gasteiger partial charge is 0.0947 e. The molecule has 84 valence electrons. The van der Waals surface area contributed by atoms with E-state index in [0.717, 1.165) is 24.9 Å². The zero-order valence-corrected chi connectivity index (χ0v) is 9.54. The Hall–Kier alpha value is -0.760. The fourth-order valence-electron chi connectivity index (χ4n) is 2.49.